The second-order valence-electron chi connectivity index (χ2n) is 4.59. The molecule has 1 saturated heterocycles. The summed E-state index contributed by atoms with van der Waals surface area (Å²) in [6.07, 6.45) is 2.04. The fourth-order valence-corrected chi connectivity index (χ4v) is 2.74. The molecule has 0 aromatic heterocycles. The molecule has 2 aliphatic rings. The Balaban J connectivity index is 2.30. The van der Waals surface area contributed by atoms with Crippen LogP contribution < -0.4 is 0 Å². The van der Waals surface area contributed by atoms with Gasteiger partial charge in [0.25, 0.3) is 0 Å². The van der Waals surface area contributed by atoms with Crippen LogP contribution in [-0.4, -0.2) is 28.7 Å². The number of aliphatic hydroxyl groups excluding tert-OH is 1. The first-order valence-corrected chi connectivity index (χ1v) is 5.84. The Kier molecular flexibility index (Phi) is 2.46. The second-order valence-corrected chi connectivity index (χ2v) is 5.84. The highest BCUT2D eigenvalue weighted by molar-refractivity contribution is 14.1. The highest BCUT2D eigenvalue weighted by Gasteiger charge is 2.54. The van der Waals surface area contributed by atoms with Crippen LogP contribution in [0.4, 0.5) is 0 Å². The lowest BCUT2D eigenvalue weighted by atomic mass is 9.87. The summed E-state index contributed by atoms with van der Waals surface area (Å²) in [6.45, 7) is 5.77. The molecule has 1 N–H and O–H groups in total. The minimum Gasteiger partial charge on any atom is -0.385 e. The van der Waals surface area contributed by atoms with Crippen LogP contribution in [0.3, 0.4) is 0 Å². The second kappa shape index (κ2) is 3.17. The van der Waals surface area contributed by atoms with Gasteiger partial charge in [-0.3, -0.25) is 0 Å². The quantitative estimate of drug-likeness (QED) is 0.695. The van der Waals surface area contributed by atoms with Crippen molar-refractivity contribution in [2.24, 2.45) is 0 Å². The van der Waals surface area contributed by atoms with E-state index in [1.807, 2.05) is 26.8 Å². The summed E-state index contributed by atoms with van der Waals surface area (Å²) in [5, 5.41) is 9.96. The van der Waals surface area contributed by atoms with Crippen molar-refractivity contribution in [2.45, 2.75) is 50.8 Å². The topological polar surface area (TPSA) is 38.7 Å². The van der Waals surface area contributed by atoms with Gasteiger partial charge in [-0.15, -0.1) is 0 Å². The Morgan fingerprint density at radius 2 is 2.14 bits per heavy atom. The monoisotopic (exact) mass is 310 g/mol. The van der Waals surface area contributed by atoms with E-state index >= 15 is 0 Å². The van der Waals surface area contributed by atoms with E-state index in [9.17, 15) is 5.11 Å². The van der Waals surface area contributed by atoms with E-state index in [1.165, 1.54) is 0 Å². The van der Waals surface area contributed by atoms with E-state index in [4.69, 9.17) is 9.47 Å². The lowest BCUT2D eigenvalue weighted by Gasteiger charge is -2.34. The Bertz CT molecular complexity index is 287. The molecule has 0 aromatic carbocycles. The van der Waals surface area contributed by atoms with Crippen molar-refractivity contribution < 1.29 is 14.6 Å². The summed E-state index contributed by atoms with van der Waals surface area (Å²) in [4.78, 5) is 0. The lowest BCUT2D eigenvalue weighted by Crippen LogP contribution is -2.46. The SMILES string of the molecule is CC1(C)OC2C(O)C(I)=CCC2(C)O1. The highest BCUT2D eigenvalue weighted by Crippen LogP contribution is 2.45. The molecule has 0 radical (unpaired) electrons. The molecule has 0 aromatic rings. The molecule has 3 atom stereocenters. The number of hydrogen-bond acceptors (Lipinski definition) is 3. The van der Waals surface area contributed by atoms with E-state index < -0.39 is 11.9 Å². The van der Waals surface area contributed by atoms with Crippen molar-refractivity contribution in [1.29, 1.82) is 0 Å². The van der Waals surface area contributed by atoms with Gasteiger partial charge in [0.1, 0.15) is 17.8 Å². The Morgan fingerprint density at radius 1 is 1.50 bits per heavy atom. The molecule has 1 fully saturated rings. The first-order valence-electron chi connectivity index (χ1n) is 4.76. The summed E-state index contributed by atoms with van der Waals surface area (Å²) >= 11 is 2.15. The maximum atomic E-state index is 9.96. The molecule has 0 amide bonds. The van der Waals surface area contributed by atoms with E-state index in [2.05, 4.69) is 22.6 Å². The number of aliphatic hydroxyl groups is 1. The van der Waals surface area contributed by atoms with Gasteiger partial charge in [-0.25, -0.2) is 0 Å². The Morgan fingerprint density at radius 3 is 2.79 bits per heavy atom. The summed E-state index contributed by atoms with van der Waals surface area (Å²) in [5.74, 6) is -0.588. The molecule has 14 heavy (non-hydrogen) atoms. The molecular weight excluding hydrogens is 295 g/mol. The van der Waals surface area contributed by atoms with E-state index in [-0.39, 0.29) is 11.7 Å². The summed E-state index contributed by atoms with van der Waals surface area (Å²) in [7, 11) is 0. The Labute approximate surface area is 97.6 Å². The molecule has 0 saturated carbocycles. The molecule has 0 spiro atoms. The van der Waals surface area contributed by atoms with Crippen molar-refractivity contribution in [3.05, 3.63) is 9.66 Å². The third-order valence-corrected chi connectivity index (χ3v) is 3.84. The van der Waals surface area contributed by atoms with Crippen molar-refractivity contribution in [1.82, 2.24) is 0 Å². The number of fused-ring (bicyclic) bond motifs is 1. The third-order valence-electron chi connectivity index (χ3n) is 2.76. The van der Waals surface area contributed by atoms with Crippen LogP contribution in [0.5, 0.6) is 0 Å². The molecule has 3 nitrogen and oxygen atoms in total. The van der Waals surface area contributed by atoms with Gasteiger partial charge >= 0.3 is 0 Å². The molecule has 0 bridgehead atoms. The normalized spacial score (nSPS) is 45.9. The standard InChI is InChI=1S/C10H15IO3/c1-9(2)13-8-7(12)6(11)4-5-10(8,3)14-9/h4,7-8,12H,5H2,1-3H3. The molecule has 3 unspecified atom stereocenters. The Hall–Kier alpha value is 0.350. The minimum absolute atomic E-state index is 0.241. The maximum absolute atomic E-state index is 9.96. The van der Waals surface area contributed by atoms with Crippen LogP contribution in [0.2, 0.25) is 0 Å². The first kappa shape index (κ1) is 10.9. The van der Waals surface area contributed by atoms with Gasteiger partial charge in [-0.1, -0.05) is 6.08 Å². The van der Waals surface area contributed by atoms with Crippen LogP contribution in [0.25, 0.3) is 0 Å². The number of rotatable bonds is 0. The maximum Gasteiger partial charge on any atom is 0.164 e. The van der Waals surface area contributed by atoms with Crippen molar-refractivity contribution in [3.63, 3.8) is 0 Å². The zero-order chi connectivity index (χ0) is 10.6. The lowest BCUT2D eigenvalue weighted by molar-refractivity contribution is -0.161. The molecule has 1 aliphatic heterocycles. The van der Waals surface area contributed by atoms with E-state index in [1.54, 1.807) is 0 Å². The van der Waals surface area contributed by atoms with Crippen molar-refractivity contribution in [2.75, 3.05) is 0 Å². The average molecular weight is 310 g/mol. The van der Waals surface area contributed by atoms with Gasteiger partial charge in [0.05, 0.1) is 0 Å². The molecule has 80 valence electrons. The van der Waals surface area contributed by atoms with Gasteiger partial charge < -0.3 is 14.6 Å². The summed E-state index contributed by atoms with van der Waals surface area (Å²) in [6, 6.07) is 0. The molecule has 4 heteroatoms. The van der Waals surface area contributed by atoms with Crippen LogP contribution in [0, 0.1) is 0 Å². The molecule has 1 aliphatic carbocycles. The van der Waals surface area contributed by atoms with Gasteiger partial charge in [0, 0.05) is 3.58 Å². The summed E-state index contributed by atoms with van der Waals surface area (Å²) < 4.78 is 12.5. The fourth-order valence-electron chi connectivity index (χ4n) is 2.20. The predicted octanol–water partition coefficient (Wildman–Crippen LogP) is 1.98. The zero-order valence-corrected chi connectivity index (χ0v) is 10.7. The number of ether oxygens (including phenoxy) is 2. The van der Waals surface area contributed by atoms with Crippen LogP contribution >= 0.6 is 22.6 Å². The number of hydrogen-bond donors (Lipinski definition) is 1. The van der Waals surface area contributed by atoms with E-state index in [0.717, 1.165) is 10.0 Å². The molecule has 1 heterocycles. The third kappa shape index (κ3) is 1.62. The van der Waals surface area contributed by atoms with Crippen LogP contribution in [0.1, 0.15) is 27.2 Å². The summed E-state index contributed by atoms with van der Waals surface area (Å²) in [5.41, 5.74) is -0.377. The van der Waals surface area contributed by atoms with Gasteiger partial charge in [0.15, 0.2) is 5.79 Å². The smallest absolute Gasteiger partial charge is 0.164 e. The van der Waals surface area contributed by atoms with E-state index in [0.29, 0.717) is 0 Å². The fraction of sp³-hybridized carbons (Fsp3) is 0.800. The molecule has 2 rings (SSSR count). The largest absolute Gasteiger partial charge is 0.385 e. The minimum atomic E-state index is -0.588. The van der Waals surface area contributed by atoms with Crippen molar-refractivity contribution >= 4 is 22.6 Å². The average Bonchev–Trinajstić information content (AvgIpc) is 2.30. The van der Waals surface area contributed by atoms with Crippen molar-refractivity contribution in [3.8, 4) is 0 Å². The van der Waals surface area contributed by atoms with Gasteiger partial charge in [-0.2, -0.15) is 0 Å². The number of halogens is 1. The first-order chi connectivity index (χ1) is 6.34. The van der Waals surface area contributed by atoms with Crippen LogP contribution in [-0.2, 0) is 9.47 Å². The van der Waals surface area contributed by atoms with Gasteiger partial charge in [-0.05, 0) is 49.8 Å². The zero-order valence-electron chi connectivity index (χ0n) is 8.58. The molecular formula is C10H15IO3. The highest BCUT2D eigenvalue weighted by atomic mass is 127. The van der Waals surface area contributed by atoms with Crippen LogP contribution in [0.15, 0.2) is 9.66 Å². The predicted molar refractivity (Wildman–Crippen MR) is 61.2 cm³/mol. The van der Waals surface area contributed by atoms with Gasteiger partial charge in [0.2, 0.25) is 0 Å².